The van der Waals surface area contributed by atoms with Crippen molar-refractivity contribution in [3.63, 3.8) is 0 Å². The first-order valence-corrected chi connectivity index (χ1v) is 12.8. The molecule has 166 valence electrons. The SMILES string of the molecule is O=C(NCCSCc1ccco1)c1ccc([C@@H]2SCC(=O)N2Cc2ccc(Cl)cc2)cc1. The summed E-state index contributed by atoms with van der Waals surface area (Å²) in [5, 5.41) is 3.57. The maximum atomic E-state index is 12.5. The number of carbonyl (C=O) groups excluding carboxylic acids is 2. The highest BCUT2D eigenvalue weighted by atomic mass is 35.5. The monoisotopic (exact) mass is 486 g/mol. The van der Waals surface area contributed by atoms with Crippen LogP contribution in [-0.4, -0.2) is 34.8 Å². The molecule has 2 aromatic carbocycles. The Morgan fingerprint density at radius 3 is 2.66 bits per heavy atom. The zero-order valence-electron chi connectivity index (χ0n) is 17.3. The predicted octanol–water partition coefficient (Wildman–Crippen LogP) is 5.37. The van der Waals surface area contributed by atoms with Gasteiger partial charge < -0.3 is 14.6 Å². The molecular weight excluding hydrogens is 464 g/mol. The first kappa shape index (κ1) is 22.8. The number of amides is 2. The molecule has 4 rings (SSSR count). The third-order valence-corrected chi connectivity index (χ3v) is 7.54. The largest absolute Gasteiger partial charge is 0.468 e. The van der Waals surface area contributed by atoms with Gasteiger partial charge in [0.05, 0.1) is 17.8 Å². The van der Waals surface area contributed by atoms with Crippen LogP contribution in [0.2, 0.25) is 5.02 Å². The van der Waals surface area contributed by atoms with Crippen LogP contribution in [0.25, 0.3) is 0 Å². The van der Waals surface area contributed by atoms with Crippen LogP contribution < -0.4 is 5.32 Å². The molecule has 3 aromatic rings. The molecule has 1 fully saturated rings. The molecule has 0 aliphatic carbocycles. The van der Waals surface area contributed by atoms with E-state index in [9.17, 15) is 9.59 Å². The molecule has 1 aliphatic heterocycles. The van der Waals surface area contributed by atoms with Crippen molar-refractivity contribution in [3.8, 4) is 0 Å². The third-order valence-electron chi connectivity index (χ3n) is 5.05. The van der Waals surface area contributed by atoms with E-state index >= 15 is 0 Å². The third kappa shape index (κ3) is 5.91. The summed E-state index contributed by atoms with van der Waals surface area (Å²) in [5.74, 6) is 3.01. The number of hydrogen-bond donors (Lipinski definition) is 1. The second-order valence-corrected chi connectivity index (χ2v) is 9.93. The van der Waals surface area contributed by atoms with Crippen molar-refractivity contribution in [1.29, 1.82) is 0 Å². The van der Waals surface area contributed by atoms with E-state index in [2.05, 4.69) is 5.32 Å². The summed E-state index contributed by atoms with van der Waals surface area (Å²) >= 11 is 9.29. The van der Waals surface area contributed by atoms with E-state index in [1.807, 2.05) is 65.6 Å². The van der Waals surface area contributed by atoms with Gasteiger partial charge >= 0.3 is 0 Å². The smallest absolute Gasteiger partial charge is 0.251 e. The second kappa shape index (κ2) is 11.0. The van der Waals surface area contributed by atoms with Crippen molar-refractivity contribution >= 4 is 46.9 Å². The molecule has 2 heterocycles. The molecular formula is C24H23ClN2O3S2. The Balaban J connectivity index is 1.30. The van der Waals surface area contributed by atoms with Crippen LogP contribution in [0.3, 0.4) is 0 Å². The van der Waals surface area contributed by atoms with E-state index in [-0.39, 0.29) is 17.2 Å². The van der Waals surface area contributed by atoms with E-state index in [1.165, 1.54) is 0 Å². The first-order valence-electron chi connectivity index (χ1n) is 10.2. The summed E-state index contributed by atoms with van der Waals surface area (Å²) in [6.07, 6.45) is 1.66. The standard InChI is InChI=1S/C24H23ClN2O3S2/c25-20-9-3-17(4-10-20)14-27-22(28)16-32-24(27)19-7-5-18(6-8-19)23(29)26-11-13-31-15-21-2-1-12-30-21/h1-10,12,24H,11,13-16H2,(H,26,29)/t24-/m0/s1. The van der Waals surface area contributed by atoms with E-state index in [1.54, 1.807) is 29.8 Å². The number of thioether (sulfide) groups is 2. The normalized spacial score (nSPS) is 15.8. The van der Waals surface area contributed by atoms with E-state index in [0.29, 0.717) is 29.4 Å². The van der Waals surface area contributed by atoms with Crippen LogP contribution in [0, 0.1) is 0 Å². The fourth-order valence-corrected chi connectivity index (χ4v) is 5.46. The fraction of sp³-hybridized carbons (Fsp3) is 0.250. The van der Waals surface area contributed by atoms with Gasteiger partial charge in [-0.15, -0.1) is 11.8 Å². The maximum Gasteiger partial charge on any atom is 0.251 e. The topological polar surface area (TPSA) is 62.6 Å². The Morgan fingerprint density at radius 2 is 1.94 bits per heavy atom. The number of furan rings is 1. The quantitative estimate of drug-likeness (QED) is 0.412. The Labute approximate surface area is 200 Å². The Bertz CT molecular complexity index is 1040. The van der Waals surface area contributed by atoms with Crippen LogP contribution in [0.15, 0.2) is 71.3 Å². The molecule has 0 spiro atoms. The highest BCUT2D eigenvalue weighted by molar-refractivity contribution is 8.00. The molecule has 0 radical (unpaired) electrons. The maximum absolute atomic E-state index is 12.5. The zero-order valence-corrected chi connectivity index (χ0v) is 19.7. The van der Waals surface area contributed by atoms with Gasteiger partial charge in [-0.3, -0.25) is 9.59 Å². The predicted molar refractivity (Wildman–Crippen MR) is 131 cm³/mol. The lowest BCUT2D eigenvalue weighted by atomic mass is 10.1. The highest BCUT2D eigenvalue weighted by Crippen LogP contribution is 2.39. The summed E-state index contributed by atoms with van der Waals surface area (Å²) in [7, 11) is 0. The molecule has 1 aromatic heterocycles. The molecule has 8 heteroatoms. The van der Waals surface area contributed by atoms with Crippen LogP contribution in [0.1, 0.15) is 32.6 Å². The number of hydrogen-bond acceptors (Lipinski definition) is 5. The second-order valence-electron chi connectivity index (χ2n) is 7.32. The van der Waals surface area contributed by atoms with Gasteiger partial charge in [-0.2, -0.15) is 11.8 Å². The Kier molecular flexibility index (Phi) is 7.84. The number of carbonyl (C=O) groups is 2. The lowest BCUT2D eigenvalue weighted by molar-refractivity contribution is -0.128. The summed E-state index contributed by atoms with van der Waals surface area (Å²) in [6.45, 7) is 1.12. The summed E-state index contributed by atoms with van der Waals surface area (Å²) in [4.78, 5) is 26.8. The minimum absolute atomic E-state index is 0.0618. The average Bonchev–Trinajstić information content (AvgIpc) is 3.45. The van der Waals surface area contributed by atoms with Crippen molar-refractivity contribution in [2.24, 2.45) is 0 Å². The van der Waals surface area contributed by atoms with Crippen molar-refractivity contribution in [3.05, 3.63) is 94.4 Å². The van der Waals surface area contributed by atoms with Crippen LogP contribution in [0.5, 0.6) is 0 Å². The van der Waals surface area contributed by atoms with Gasteiger partial charge in [-0.25, -0.2) is 0 Å². The lowest BCUT2D eigenvalue weighted by Crippen LogP contribution is -2.28. The average molecular weight is 487 g/mol. The molecule has 1 saturated heterocycles. The molecule has 5 nitrogen and oxygen atoms in total. The van der Waals surface area contributed by atoms with Crippen LogP contribution in [-0.2, 0) is 17.1 Å². The van der Waals surface area contributed by atoms with Crippen LogP contribution >= 0.6 is 35.1 Å². The molecule has 1 atom stereocenters. The van der Waals surface area contributed by atoms with Gasteiger partial charge in [0, 0.05) is 29.4 Å². The van der Waals surface area contributed by atoms with Gasteiger partial charge in [-0.05, 0) is 47.5 Å². The van der Waals surface area contributed by atoms with Crippen LogP contribution in [0.4, 0.5) is 0 Å². The number of rotatable bonds is 9. The number of nitrogens with zero attached hydrogens (tertiary/aromatic N) is 1. The molecule has 0 saturated carbocycles. The van der Waals surface area contributed by atoms with Crippen molar-refractivity contribution < 1.29 is 14.0 Å². The fourth-order valence-electron chi connectivity index (χ4n) is 3.39. The molecule has 2 amide bonds. The summed E-state index contributed by atoms with van der Waals surface area (Å²) < 4.78 is 5.30. The molecule has 1 aliphatic rings. The van der Waals surface area contributed by atoms with E-state index < -0.39 is 0 Å². The Hall–Kier alpha value is -2.35. The summed E-state index contributed by atoms with van der Waals surface area (Å²) in [5.41, 5.74) is 2.67. The molecule has 1 N–H and O–H groups in total. The Morgan fingerprint density at radius 1 is 1.16 bits per heavy atom. The highest BCUT2D eigenvalue weighted by Gasteiger charge is 2.32. The lowest BCUT2D eigenvalue weighted by Gasteiger charge is -2.24. The molecule has 32 heavy (non-hydrogen) atoms. The van der Waals surface area contributed by atoms with Gasteiger partial charge in [0.2, 0.25) is 5.91 Å². The number of nitrogens with one attached hydrogen (secondary N) is 1. The molecule has 0 bridgehead atoms. The van der Waals surface area contributed by atoms with E-state index in [0.717, 1.165) is 28.4 Å². The van der Waals surface area contributed by atoms with E-state index in [4.69, 9.17) is 16.0 Å². The minimum Gasteiger partial charge on any atom is -0.468 e. The van der Waals surface area contributed by atoms with Gasteiger partial charge in [0.1, 0.15) is 11.1 Å². The van der Waals surface area contributed by atoms with Gasteiger partial charge in [0.15, 0.2) is 0 Å². The number of halogens is 1. The zero-order chi connectivity index (χ0) is 22.3. The molecule has 0 unspecified atom stereocenters. The van der Waals surface area contributed by atoms with Crippen molar-refractivity contribution in [2.75, 3.05) is 18.1 Å². The summed E-state index contributed by atoms with van der Waals surface area (Å²) in [6, 6.07) is 18.9. The van der Waals surface area contributed by atoms with Crippen molar-refractivity contribution in [1.82, 2.24) is 10.2 Å². The van der Waals surface area contributed by atoms with Gasteiger partial charge in [-0.1, -0.05) is 35.9 Å². The first-order chi connectivity index (χ1) is 15.6. The van der Waals surface area contributed by atoms with Crippen molar-refractivity contribution in [2.45, 2.75) is 17.7 Å². The van der Waals surface area contributed by atoms with Gasteiger partial charge in [0.25, 0.3) is 5.91 Å². The number of benzene rings is 2. The minimum atomic E-state index is -0.0941.